The van der Waals surface area contributed by atoms with Crippen molar-refractivity contribution < 1.29 is 4.74 Å². The molecule has 18 heavy (non-hydrogen) atoms. The summed E-state index contributed by atoms with van der Waals surface area (Å²) in [6.45, 7) is 7.71. The van der Waals surface area contributed by atoms with Crippen molar-refractivity contribution in [3.63, 3.8) is 0 Å². The predicted molar refractivity (Wildman–Crippen MR) is 78.5 cm³/mol. The highest BCUT2D eigenvalue weighted by Gasteiger charge is 2.27. The van der Waals surface area contributed by atoms with E-state index in [1.807, 2.05) is 17.8 Å². The summed E-state index contributed by atoms with van der Waals surface area (Å²) >= 11 is 1.91. The van der Waals surface area contributed by atoms with Gasteiger partial charge >= 0.3 is 0 Å². The van der Waals surface area contributed by atoms with E-state index in [0.717, 1.165) is 18.0 Å². The van der Waals surface area contributed by atoms with Crippen molar-refractivity contribution in [2.45, 2.75) is 44.2 Å². The van der Waals surface area contributed by atoms with Gasteiger partial charge in [-0.1, -0.05) is 32.9 Å². The summed E-state index contributed by atoms with van der Waals surface area (Å²) in [7, 11) is 0. The molecule has 0 saturated heterocycles. The molecule has 0 saturated carbocycles. The van der Waals surface area contributed by atoms with Gasteiger partial charge in [-0.3, -0.25) is 0 Å². The lowest BCUT2D eigenvalue weighted by Gasteiger charge is -2.33. The Bertz CT molecular complexity index is 381. The molecule has 0 aromatic heterocycles. The Morgan fingerprint density at radius 1 is 1.39 bits per heavy atom. The minimum absolute atomic E-state index is 0.284. The van der Waals surface area contributed by atoms with Crippen LogP contribution in [0.3, 0.4) is 0 Å². The van der Waals surface area contributed by atoms with Crippen molar-refractivity contribution in [2.75, 3.05) is 12.3 Å². The molecule has 2 nitrogen and oxygen atoms in total. The lowest BCUT2D eigenvalue weighted by atomic mass is 9.99. The van der Waals surface area contributed by atoms with E-state index in [9.17, 15) is 0 Å². The molecule has 2 rings (SSSR count). The van der Waals surface area contributed by atoms with Crippen LogP contribution in [0.1, 0.15) is 27.2 Å². The van der Waals surface area contributed by atoms with Gasteiger partial charge in [0, 0.05) is 16.7 Å². The molecule has 1 aromatic rings. The second-order valence-electron chi connectivity index (χ2n) is 5.21. The number of benzene rings is 1. The van der Waals surface area contributed by atoms with Crippen LogP contribution in [0.4, 0.5) is 0 Å². The fourth-order valence-electron chi connectivity index (χ4n) is 2.37. The Morgan fingerprint density at radius 3 is 2.89 bits per heavy atom. The van der Waals surface area contributed by atoms with Crippen molar-refractivity contribution in [1.82, 2.24) is 5.32 Å². The number of para-hydroxylation sites is 1. The molecule has 1 aromatic carbocycles. The molecule has 3 heteroatoms. The number of thioether (sulfide) groups is 1. The zero-order chi connectivity index (χ0) is 13.0. The van der Waals surface area contributed by atoms with Crippen LogP contribution in [0.15, 0.2) is 29.2 Å². The number of ether oxygens (including phenoxy) is 1. The SMILES string of the molecule is CCNC(CC(C)C)C1CSc2ccccc2O1. The maximum atomic E-state index is 6.16. The van der Waals surface area contributed by atoms with Crippen molar-refractivity contribution >= 4 is 11.8 Å². The topological polar surface area (TPSA) is 21.3 Å². The Labute approximate surface area is 114 Å². The van der Waals surface area contributed by atoms with E-state index < -0.39 is 0 Å². The van der Waals surface area contributed by atoms with Crippen LogP contribution in [0.5, 0.6) is 5.75 Å². The first-order chi connectivity index (χ1) is 8.70. The van der Waals surface area contributed by atoms with E-state index in [4.69, 9.17) is 4.74 Å². The average Bonchev–Trinajstić information content (AvgIpc) is 2.37. The van der Waals surface area contributed by atoms with Gasteiger partial charge in [0.2, 0.25) is 0 Å². The molecule has 100 valence electrons. The lowest BCUT2D eigenvalue weighted by molar-refractivity contribution is 0.154. The Kier molecular flexibility index (Phi) is 4.95. The fourth-order valence-corrected chi connectivity index (χ4v) is 3.45. The standard InChI is InChI=1S/C15H23NOS/c1-4-16-12(9-11(2)3)14-10-18-15-8-6-5-7-13(15)17-14/h5-8,11-12,14,16H,4,9-10H2,1-3H3. The summed E-state index contributed by atoms with van der Waals surface area (Å²) < 4.78 is 6.16. The van der Waals surface area contributed by atoms with Gasteiger partial charge in [0.05, 0.1) is 0 Å². The molecule has 2 atom stereocenters. The second-order valence-corrected chi connectivity index (χ2v) is 6.27. The quantitative estimate of drug-likeness (QED) is 0.879. The summed E-state index contributed by atoms with van der Waals surface area (Å²) in [6, 6.07) is 8.79. The van der Waals surface area contributed by atoms with E-state index in [2.05, 4.69) is 44.3 Å². The van der Waals surface area contributed by atoms with Crippen LogP contribution in [0.25, 0.3) is 0 Å². The normalized spacial score (nSPS) is 20.3. The Morgan fingerprint density at radius 2 is 2.17 bits per heavy atom. The van der Waals surface area contributed by atoms with Gasteiger partial charge < -0.3 is 10.1 Å². The van der Waals surface area contributed by atoms with Crippen LogP contribution >= 0.6 is 11.8 Å². The van der Waals surface area contributed by atoms with Gasteiger partial charge in [-0.05, 0) is 31.0 Å². The first kappa shape index (κ1) is 13.8. The van der Waals surface area contributed by atoms with Gasteiger partial charge in [0.25, 0.3) is 0 Å². The van der Waals surface area contributed by atoms with E-state index in [-0.39, 0.29) is 6.10 Å². The molecule has 1 N–H and O–H groups in total. The average molecular weight is 265 g/mol. The van der Waals surface area contributed by atoms with Gasteiger partial charge in [-0.15, -0.1) is 11.8 Å². The molecule has 0 bridgehead atoms. The first-order valence-electron chi connectivity index (χ1n) is 6.82. The number of fused-ring (bicyclic) bond motifs is 1. The summed E-state index contributed by atoms with van der Waals surface area (Å²) in [5, 5.41) is 3.58. The highest BCUT2D eigenvalue weighted by molar-refractivity contribution is 7.99. The number of nitrogens with one attached hydrogen (secondary N) is 1. The monoisotopic (exact) mass is 265 g/mol. The van der Waals surface area contributed by atoms with Gasteiger partial charge in [0.1, 0.15) is 11.9 Å². The molecular weight excluding hydrogens is 242 g/mol. The highest BCUT2D eigenvalue weighted by atomic mass is 32.2. The van der Waals surface area contributed by atoms with Gasteiger partial charge in [-0.2, -0.15) is 0 Å². The maximum Gasteiger partial charge on any atom is 0.133 e. The van der Waals surface area contributed by atoms with E-state index in [1.54, 1.807) is 0 Å². The Balaban J connectivity index is 2.05. The molecule has 0 fully saturated rings. The maximum absolute atomic E-state index is 6.16. The molecule has 0 radical (unpaired) electrons. The summed E-state index contributed by atoms with van der Waals surface area (Å²) in [5.74, 6) is 2.78. The van der Waals surface area contributed by atoms with Crippen molar-refractivity contribution in [3.8, 4) is 5.75 Å². The fraction of sp³-hybridized carbons (Fsp3) is 0.600. The van der Waals surface area contributed by atoms with Crippen molar-refractivity contribution in [2.24, 2.45) is 5.92 Å². The molecule has 0 amide bonds. The number of rotatable bonds is 5. The minimum atomic E-state index is 0.284. The van der Waals surface area contributed by atoms with E-state index >= 15 is 0 Å². The van der Waals surface area contributed by atoms with Crippen LogP contribution in [-0.2, 0) is 0 Å². The number of hydrogen-bond acceptors (Lipinski definition) is 3. The zero-order valence-electron chi connectivity index (χ0n) is 11.5. The van der Waals surface area contributed by atoms with E-state index in [1.165, 1.54) is 11.3 Å². The molecule has 0 aliphatic carbocycles. The predicted octanol–water partition coefficient (Wildman–Crippen LogP) is 3.56. The molecular formula is C15H23NOS. The molecule has 1 aliphatic rings. The number of likely N-dealkylation sites (N-methyl/N-ethyl adjacent to an activating group) is 1. The molecule has 1 heterocycles. The smallest absolute Gasteiger partial charge is 0.133 e. The van der Waals surface area contributed by atoms with Crippen molar-refractivity contribution in [3.05, 3.63) is 24.3 Å². The van der Waals surface area contributed by atoms with Crippen LogP contribution in [0.2, 0.25) is 0 Å². The molecule has 0 spiro atoms. The second kappa shape index (κ2) is 6.48. The Hall–Kier alpha value is -0.670. The first-order valence-corrected chi connectivity index (χ1v) is 7.81. The van der Waals surface area contributed by atoms with Gasteiger partial charge in [0.15, 0.2) is 0 Å². The molecule has 1 aliphatic heterocycles. The van der Waals surface area contributed by atoms with Crippen LogP contribution in [0, 0.1) is 5.92 Å². The third-order valence-electron chi connectivity index (χ3n) is 3.17. The zero-order valence-corrected chi connectivity index (χ0v) is 12.3. The molecule has 2 unspecified atom stereocenters. The third kappa shape index (κ3) is 3.42. The van der Waals surface area contributed by atoms with Gasteiger partial charge in [-0.25, -0.2) is 0 Å². The summed E-state index contributed by atoms with van der Waals surface area (Å²) in [5.41, 5.74) is 0. The highest BCUT2D eigenvalue weighted by Crippen LogP contribution is 2.36. The number of hydrogen-bond donors (Lipinski definition) is 1. The van der Waals surface area contributed by atoms with Crippen LogP contribution in [-0.4, -0.2) is 24.4 Å². The van der Waals surface area contributed by atoms with Crippen molar-refractivity contribution in [1.29, 1.82) is 0 Å². The summed E-state index contributed by atoms with van der Waals surface area (Å²) in [4.78, 5) is 1.27. The largest absolute Gasteiger partial charge is 0.487 e. The minimum Gasteiger partial charge on any atom is -0.487 e. The third-order valence-corrected chi connectivity index (χ3v) is 4.31. The lowest BCUT2D eigenvalue weighted by Crippen LogP contribution is -2.46. The summed E-state index contributed by atoms with van der Waals surface area (Å²) in [6.07, 6.45) is 1.45. The van der Waals surface area contributed by atoms with Crippen LogP contribution < -0.4 is 10.1 Å². The van der Waals surface area contributed by atoms with E-state index in [0.29, 0.717) is 12.0 Å².